The summed E-state index contributed by atoms with van der Waals surface area (Å²) >= 11 is 0. The lowest BCUT2D eigenvalue weighted by molar-refractivity contribution is 0.0696. The fourth-order valence-corrected chi connectivity index (χ4v) is 2.88. The van der Waals surface area contributed by atoms with Crippen LogP contribution in [0.5, 0.6) is 5.75 Å². The number of carbonyl (C=O) groups is 2. The number of aromatic carboxylic acids is 1. The van der Waals surface area contributed by atoms with E-state index in [4.69, 9.17) is 19.4 Å². The van der Waals surface area contributed by atoms with E-state index < -0.39 is 11.4 Å². The first-order valence-electron chi connectivity index (χ1n) is 8.51. The molecule has 7 heteroatoms. The van der Waals surface area contributed by atoms with Gasteiger partial charge in [0.2, 0.25) is 5.43 Å². The molecule has 0 saturated heterocycles. The first kappa shape index (κ1) is 18.6. The number of ketones is 1. The Morgan fingerprint density at radius 3 is 2.59 bits per heavy atom. The monoisotopic (exact) mass is 370 g/mol. The third-order valence-electron chi connectivity index (χ3n) is 4.13. The van der Waals surface area contributed by atoms with Crippen LogP contribution in [0.3, 0.4) is 0 Å². The molecule has 0 radical (unpaired) electrons. The first-order chi connectivity index (χ1) is 13.0. The van der Waals surface area contributed by atoms with Gasteiger partial charge in [0, 0.05) is 6.42 Å². The number of carboxylic acids is 1. The largest absolute Gasteiger partial charge is 0.491 e. The molecule has 0 atom stereocenters. The Balaban J connectivity index is 2.34. The molecule has 1 aromatic heterocycles. The first-order valence-corrected chi connectivity index (χ1v) is 8.51. The van der Waals surface area contributed by atoms with E-state index >= 15 is 0 Å². The molecule has 3 rings (SSSR count). The molecule has 7 nitrogen and oxygen atoms in total. The third-order valence-corrected chi connectivity index (χ3v) is 4.13. The summed E-state index contributed by atoms with van der Waals surface area (Å²) in [6.45, 7) is 1.66. The quantitative estimate of drug-likeness (QED) is 0.485. The molecule has 0 saturated carbocycles. The van der Waals surface area contributed by atoms with Crippen LogP contribution in [-0.4, -0.2) is 35.2 Å². The van der Waals surface area contributed by atoms with Crippen molar-refractivity contribution in [2.75, 3.05) is 13.2 Å². The Morgan fingerprint density at radius 1 is 1.15 bits per heavy atom. The summed E-state index contributed by atoms with van der Waals surface area (Å²) in [5, 5.41) is 18.3. The topological polar surface area (TPSA) is 114 Å². The van der Waals surface area contributed by atoms with Crippen molar-refractivity contribution in [1.82, 2.24) is 0 Å². The van der Waals surface area contributed by atoms with Gasteiger partial charge in [0.1, 0.15) is 23.5 Å². The Bertz CT molecular complexity index is 1090. The predicted octanol–water partition coefficient (Wildman–Crippen LogP) is 3.00. The number of hydrogen-bond donors (Lipinski definition) is 2. The van der Waals surface area contributed by atoms with Crippen molar-refractivity contribution < 1.29 is 29.0 Å². The number of rotatable bonds is 7. The van der Waals surface area contributed by atoms with Crippen molar-refractivity contribution in [3.63, 3.8) is 0 Å². The molecule has 0 fully saturated rings. The van der Waals surface area contributed by atoms with E-state index in [1.165, 1.54) is 30.3 Å². The van der Waals surface area contributed by atoms with Gasteiger partial charge < -0.3 is 19.4 Å². The van der Waals surface area contributed by atoms with Gasteiger partial charge in [0.05, 0.1) is 28.5 Å². The minimum absolute atomic E-state index is 0.00892. The number of aliphatic hydroxyl groups is 1. The van der Waals surface area contributed by atoms with Crippen LogP contribution in [0.2, 0.25) is 0 Å². The van der Waals surface area contributed by atoms with Crippen molar-refractivity contribution in [2.45, 2.75) is 19.8 Å². The fourth-order valence-electron chi connectivity index (χ4n) is 2.88. The highest BCUT2D eigenvalue weighted by molar-refractivity contribution is 6.08. The number of carbonyl (C=O) groups excluding carboxylic acids is 1. The summed E-state index contributed by atoms with van der Waals surface area (Å²) in [6, 6.07) is 6.93. The van der Waals surface area contributed by atoms with Crippen LogP contribution in [0.4, 0.5) is 0 Å². The molecule has 2 aromatic carbocycles. The number of hydrogen-bond acceptors (Lipinski definition) is 6. The molecule has 0 aliphatic carbocycles. The van der Waals surface area contributed by atoms with Crippen molar-refractivity contribution in [3.8, 4) is 5.75 Å². The maximum absolute atomic E-state index is 13.0. The Hall–Kier alpha value is -3.19. The van der Waals surface area contributed by atoms with Crippen molar-refractivity contribution in [3.05, 3.63) is 51.7 Å². The molecule has 2 N–H and O–H groups in total. The summed E-state index contributed by atoms with van der Waals surface area (Å²) in [4.78, 5) is 36.7. The van der Waals surface area contributed by atoms with E-state index in [9.17, 15) is 14.4 Å². The Morgan fingerprint density at radius 2 is 1.93 bits per heavy atom. The molecule has 0 unspecified atom stereocenters. The molecular weight excluding hydrogens is 352 g/mol. The second-order valence-electron chi connectivity index (χ2n) is 6.04. The van der Waals surface area contributed by atoms with Crippen LogP contribution in [0.25, 0.3) is 21.9 Å². The zero-order valence-corrected chi connectivity index (χ0v) is 14.7. The number of ether oxygens (including phenoxy) is 1. The molecular formula is C20H18O7. The molecule has 0 aliphatic heterocycles. The number of carboxylic acid groups (broad SMARTS) is 1. The molecule has 1 heterocycles. The number of aliphatic hydroxyl groups excluding tert-OH is 1. The summed E-state index contributed by atoms with van der Waals surface area (Å²) in [5.41, 5.74) is 0.0829. The average Bonchev–Trinajstić information content (AvgIpc) is 2.66. The molecule has 0 aliphatic rings. The predicted molar refractivity (Wildman–Crippen MR) is 98.8 cm³/mol. The normalized spacial score (nSPS) is 11.0. The second kappa shape index (κ2) is 7.59. The Labute approximate surface area is 153 Å². The summed E-state index contributed by atoms with van der Waals surface area (Å²) in [5.74, 6) is -1.09. The van der Waals surface area contributed by atoms with Crippen molar-refractivity contribution in [1.29, 1.82) is 0 Å². The lowest BCUT2D eigenvalue weighted by atomic mass is 10.0. The second-order valence-corrected chi connectivity index (χ2v) is 6.04. The minimum atomic E-state index is -1.16. The van der Waals surface area contributed by atoms with E-state index in [-0.39, 0.29) is 64.2 Å². The molecule has 0 amide bonds. The minimum Gasteiger partial charge on any atom is -0.491 e. The van der Waals surface area contributed by atoms with Crippen LogP contribution in [-0.2, 0) is 0 Å². The van der Waals surface area contributed by atoms with E-state index in [1.807, 2.05) is 6.92 Å². The van der Waals surface area contributed by atoms with E-state index in [0.717, 1.165) is 0 Å². The highest BCUT2D eigenvalue weighted by Crippen LogP contribution is 2.28. The lowest BCUT2D eigenvalue weighted by Crippen LogP contribution is -2.09. The summed E-state index contributed by atoms with van der Waals surface area (Å²) in [7, 11) is 0. The standard InChI is InChI=1S/C20H18O7/c1-2-3-16(22)13-9-12(26-7-6-21)10-15-18(23)14-8-11(20(24)25)4-5-17(14)27-19(13)15/h4-5,8-10,21H,2-3,6-7H2,1H3,(H,24,25). The van der Waals surface area contributed by atoms with Crippen LogP contribution < -0.4 is 10.2 Å². The summed E-state index contributed by atoms with van der Waals surface area (Å²) in [6.07, 6.45) is 0.903. The van der Waals surface area contributed by atoms with Crippen LogP contribution in [0, 0.1) is 0 Å². The Kier molecular flexibility index (Phi) is 5.23. The van der Waals surface area contributed by atoms with Crippen molar-refractivity contribution >= 4 is 33.7 Å². The molecule has 3 aromatic rings. The van der Waals surface area contributed by atoms with Gasteiger partial charge in [0.15, 0.2) is 5.78 Å². The average molecular weight is 370 g/mol. The molecule has 27 heavy (non-hydrogen) atoms. The number of benzene rings is 2. The highest BCUT2D eigenvalue weighted by atomic mass is 16.5. The number of Topliss-reactive ketones (excluding diaryl/α,β-unsaturated/α-hetero) is 1. The van der Waals surface area contributed by atoms with Crippen LogP contribution in [0.1, 0.15) is 40.5 Å². The zero-order chi connectivity index (χ0) is 19.6. The highest BCUT2D eigenvalue weighted by Gasteiger charge is 2.19. The molecule has 140 valence electrons. The smallest absolute Gasteiger partial charge is 0.335 e. The number of fused-ring (bicyclic) bond motifs is 2. The van der Waals surface area contributed by atoms with Crippen LogP contribution in [0.15, 0.2) is 39.5 Å². The van der Waals surface area contributed by atoms with Gasteiger partial charge in [-0.1, -0.05) is 6.92 Å². The van der Waals surface area contributed by atoms with Gasteiger partial charge in [-0.15, -0.1) is 0 Å². The lowest BCUT2D eigenvalue weighted by Gasteiger charge is -2.10. The zero-order valence-electron chi connectivity index (χ0n) is 14.7. The van der Waals surface area contributed by atoms with Crippen LogP contribution >= 0.6 is 0 Å². The fraction of sp³-hybridized carbons (Fsp3) is 0.250. The maximum atomic E-state index is 13.0. The van der Waals surface area contributed by atoms with Crippen molar-refractivity contribution in [2.24, 2.45) is 0 Å². The van der Waals surface area contributed by atoms with E-state index in [1.54, 1.807) is 0 Å². The van der Waals surface area contributed by atoms with Gasteiger partial charge in [-0.2, -0.15) is 0 Å². The van der Waals surface area contributed by atoms with Gasteiger partial charge in [-0.05, 0) is 36.8 Å². The van der Waals surface area contributed by atoms with Gasteiger partial charge in [-0.3, -0.25) is 9.59 Å². The third kappa shape index (κ3) is 3.54. The molecule has 0 spiro atoms. The van der Waals surface area contributed by atoms with E-state index in [0.29, 0.717) is 6.42 Å². The maximum Gasteiger partial charge on any atom is 0.335 e. The van der Waals surface area contributed by atoms with Gasteiger partial charge >= 0.3 is 5.97 Å². The molecule has 0 bridgehead atoms. The van der Waals surface area contributed by atoms with Gasteiger partial charge in [-0.25, -0.2) is 4.79 Å². The van der Waals surface area contributed by atoms with Gasteiger partial charge in [0.25, 0.3) is 0 Å². The summed E-state index contributed by atoms with van der Waals surface area (Å²) < 4.78 is 11.2. The van der Waals surface area contributed by atoms with E-state index in [2.05, 4.69) is 0 Å². The SMILES string of the molecule is CCCC(=O)c1cc(OCCO)cc2c(=O)c3cc(C(=O)O)ccc3oc12.